The Morgan fingerprint density at radius 3 is 3.00 bits per heavy atom. The van der Waals surface area contributed by atoms with Crippen LogP contribution in [-0.2, 0) is 6.54 Å². The lowest BCUT2D eigenvalue weighted by Gasteiger charge is -2.11. The van der Waals surface area contributed by atoms with Crippen molar-refractivity contribution in [1.29, 1.82) is 0 Å². The number of fused-ring (bicyclic) bond motifs is 1. The molecule has 1 atom stereocenters. The summed E-state index contributed by atoms with van der Waals surface area (Å²) in [6, 6.07) is 0.266. The van der Waals surface area contributed by atoms with Crippen molar-refractivity contribution < 1.29 is 0 Å². The second kappa shape index (κ2) is 5.03. The summed E-state index contributed by atoms with van der Waals surface area (Å²) in [5.74, 6) is 0. The SMILES string of the molecule is Cc1cnc(C(C)NCc2c(C)nc3sccn23)s1. The van der Waals surface area contributed by atoms with E-state index in [1.54, 1.807) is 22.7 Å². The van der Waals surface area contributed by atoms with Crippen LogP contribution in [0.2, 0.25) is 0 Å². The number of rotatable bonds is 4. The zero-order chi connectivity index (χ0) is 13.4. The van der Waals surface area contributed by atoms with E-state index in [1.807, 2.05) is 6.20 Å². The molecule has 0 radical (unpaired) electrons. The summed E-state index contributed by atoms with van der Waals surface area (Å²) in [6.07, 6.45) is 4.01. The van der Waals surface area contributed by atoms with Crippen LogP contribution in [0.4, 0.5) is 0 Å². The molecular formula is C13H16N4S2. The van der Waals surface area contributed by atoms with Gasteiger partial charge in [0.05, 0.1) is 17.4 Å². The predicted octanol–water partition coefficient (Wildman–Crippen LogP) is 3.32. The molecule has 3 aromatic heterocycles. The summed E-state index contributed by atoms with van der Waals surface area (Å²) >= 11 is 3.42. The highest BCUT2D eigenvalue weighted by Gasteiger charge is 2.13. The molecule has 3 heterocycles. The Balaban J connectivity index is 1.75. The van der Waals surface area contributed by atoms with Crippen molar-refractivity contribution in [3.05, 3.63) is 39.0 Å². The molecule has 0 saturated heterocycles. The van der Waals surface area contributed by atoms with Gasteiger partial charge in [-0.25, -0.2) is 9.97 Å². The van der Waals surface area contributed by atoms with Crippen LogP contribution >= 0.6 is 22.7 Å². The van der Waals surface area contributed by atoms with E-state index in [4.69, 9.17) is 0 Å². The summed E-state index contributed by atoms with van der Waals surface area (Å²) in [4.78, 5) is 11.3. The first-order valence-electron chi connectivity index (χ1n) is 6.22. The lowest BCUT2D eigenvalue weighted by Crippen LogP contribution is -2.19. The van der Waals surface area contributed by atoms with Crippen LogP contribution in [-0.4, -0.2) is 14.4 Å². The minimum atomic E-state index is 0.266. The van der Waals surface area contributed by atoms with Gasteiger partial charge in [0.1, 0.15) is 5.01 Å². The van der Waals surface area contributed by atoms with Gasteiger partial charge in [0.2, 0.25) is 0 Å². The molecular weight excluding hydrogens is 276 g/mol. The van der Waals surface area contributed by atoms with Crippen molar-refractivity contribution in [1.82, 2.24) is 19.7 Å². The highest BCUT2D eigenvalue weighted by atomic mass is 32.1. The first-order chi connectivity index (χ1) is 9.15. The summed E-state index contributed by atoms with van der Waals surface area (Å²) in [7, 11) is 0. The maximum absolute atomic E-state index is 4.56. The zero-order valence-corrected chi connectivity index (χ0v) is 12.8. The van der Waals surface area contributed by atoms with E-state index in [1.165, 1.54) is 10.6 Å². The van der Waals surface area contributed by atoms with E-state index in [0.717, 1.165) is 22.2 Å². The third kappa shape index (κ3) is 2.43. The number of hydrogen-bond donors (Lipinski definition) is 1. The predicted molar refractivity (Wildman–Crippen MR) is 79.9 cm³/mol. The molecule has 100 valence electrons. The highest BCUT2D eigenvalue weighted by molar-refractivity contribution is 7.15. The van der Waals surface area contributed by atoms with Gasteiger partial charge < -0.3 is 5.32 Å². The van der Waals surface area contributed by atoms with Gasteiger partial charge in [0.25, 0.3) is 0 Å². The average Bonchev–Trinajstić information content (AvgIpc) is 3.03. The normalized spacial score (nSPS) is 13.2. The van der Waals surface area contributed by atoms with Gasteiger partial charge in [0.15, 0.2) is 4.96 Å². The second-order valence-electron chi connectivity index (χ2n) is 4.61. The Bertz CT molecular complexity index is 694. The summed E-state index contributed by atoms with van der Waals surface area (Å²) in [6.45, 7) is 7.11. The molecule has 0 fully saturated rings. The average molecular weight is 292 g/mol. The van der Waals surface area contributed by atoms with Crippen molar-refractivity contribution in [2.45, 2.75) is 33.4 Å². The van der Waals surface area contributed by atoms with Gasteiger partial charge in [-0.1, -0.05) is 0 Å². The van der Waals surface area contributed by atoms with Gasteiger partial charge in [-0.05, 0) is 20.8 Å². The minimum absolute atomic E-state index is 0.266. The molecule has 3 aromatic rings. The van der Waals surface area contributed by atoms with Gasteiger partial charge >= 0.3 is 0 Å². The van der Waals surface area contributed by atoms with Crippen LogP contribution in [0.25, 0.3) is 4.96 Å². The van der Waals surface area contributed by atoms with E-state index in [-0.39, 0.29) is 6.04 Å². The van der Waals surface area contributed by atoms with Gasteiger partial charge in [-0.15, -0.1) is 22.7 Å². The minimum Gasteiger partial charge on any atom is -0.302 e. The lowest BCUT2D eigenvalue weighted by molar-refractivity contribution is 0.562. The molecule has 1 N–H and O–H groups in total. The molecule has 0 aliphatic heterocycles. The Morgan fingerprint density at radius 2 is 2.26 bits per heavy atom. The van der Waals surface area contributed by atoms with Crippen LogP contribution in [0.15, 0.2) is 17.8 Å². The number of hydrogen-bond acceptors (Lipinski definition) is 5. The summed E-state index contributed by atoms with van der Waals surface area (Å²) in [5, 5.41) is 6.74. The largest absolute Gasteiger partial charge is 0.302 e. The molecule has 0 bridgehead atoms. The van der Waals surface area contributed by atoms with Crippen LogP contribution in [0.3, 0.4) is 0 Å². The van der Waals surface area contributed by atoms with E-state index in [9.17, 15) is 0 Å². The van der Waals surface area contributed by atoms with E-state index >= 15 is 0 Å². The van der Waals surface area contributed by atoms with E-state index in [2.05, 4.69) is 52.0 Å². The number of nitrogens with zero attached hydrogens (tertiary/aromatic N) is 3. The van der Waals surface area contributed by atoms with Crippen molar-refractivity contribution in [3.63, 3.8) is 0 Å². The molecule has 0 aliphatic carbocycles. The topological polar surface area (TPSA) is 42.2 Å². The Morgan fingerprint density at radius 1 is 1.42 bits per heavy atom. The maximum atomic E-state index is 4.56. The van der Waals surface area contributed by atoms with Crippen molar-refractivity contribution in [3.8, 4) is 0 Å². The molecule has 0 aromatic carbocycles. The standard InChI is InChI=1S/C13H16N4S2/c1-8-6-15-12(19-8)10(3)14-7-11-9(2)16-13-17(11)4-5-18-13/h4-6,10,14H,7H2,1-3H3. The Labute approximate surface area is 120 Å². The molecule has 0 aliphatic rings. The van der Waals surface area contributed by atoms with Crippen LogP contribution in [0, 0.1) is 13.8 Å². The molecule has 3 rings (SSSR count). The second-order valence-corrected chi connectivity index (χ2v) is 6.75. The monoisotopic (exact) mass is 292 g/mol. The first kappa shape index (κ1) is 12.8. The van der Waals surface area contributed by atoms with Crippen LogP contribution < -0.4 is 5.32 Å². The van der Waals surface area contributed by atoms with Crippen molar-refractivity contribution in [2.75, 3.05) is 0 Å². The molecule has 4 nitrogen and oxygen atoms in total. The third-order valence-electron chi connectivity index (χ3n) is 3.15. The number of aromatic nitrogens is 3. The lowest BCUT2D eigenvalue weighted by atomic mass is 10.3. The molecule has 1 unspecified atom stereocenters. The van der Waals surface area contributed by atoms with Gasteiger partial charge in [-0.2, -0.15) is 0 Å². The zero-order valence-electron chi connectivity index (χ0n) is 11.2. The Hall–Kier alpha value is -1.24. The maximum Gasteiger partial charge on any atom is 0.194 e. The molecule has 19 heavy (non-hydrogen) atoms. The number of imidazole rings is 1. The fourth-order valence-corrected chi connectivity index (χ4v) is 3.64. The fraction of sp³-hybridized carbons (Fsp3) is 0.385. The number of aryl methyl sites for hydroxylation is 2. The van der Waals surface area contributed by atoms with Crippen molar-refractivity contribution >= 4 is 27.6 Å². The number of thiazole rings is 2. The molecule has 0 spiro atoms. The smallest absolute Gasteiger partial charge is 0.194 e. The van der Waals surface area contributed by atoms with Crippen molar-refractivity contribution in [2.24, 2.45) is 0 Å². The van der Waals surface area contributed by atoms with E-state index in [0.29, 0.717) is 0 Å². The van der Waals surface area contributed by atoms with Crippen LogP contribution in [0.5, 0.6) is 0 Å². The molecule has 0 saturated carbocycles. The molecule has 6 heteroatoms. The fourth-order valence-electron chi connectivity index (χ4n) is 2.06. The summed E-state index contributed by atoms with van der Waals surface area (Å²) < 4.78 is 2.16. The third-order valence-corrected chi connectivity index (χ3v) is 5.00. The summed E-state index contributed by atoms with van der Waals surface area (Å²) in [5.41, 5.74) is 2.33. The first-order valence-corrected chi connectivity index (χ1v) is 7.91. The highest BCUT2D eigenvalue weighted by Crippen LogP contribution is 2.21. The Kier molecular flexibility index (Phi) is 3.38. The van der Waals surface area contributed by atoms with Gasteiger partial charge in [-0.3, -0.25) is 4.40 Å². The number of nitrogens with one attached hydrogen (secondary N) is 1. The quantitative estimate of drug-likeness (QED) is 0.802. The van der Waals surface area contributed by atoms with E-state index < -0.39 is 0 Å². The van der Waals surface area contributed by atoms with Gasteiger partial charge in [0, 0.05) is 29.2 Å². The van der Waals surface area contributed by atoms with Crippen LogP contribution in [0.1, 0.15) is 34.2 Å². The molecule has 0 amide bonds.